The summed E-state index contributed by atoms with van der Waals surface area (Å²) in [6.07, 6.45) is 1.39. The number of nitrogens with two attached hydrogens (primary N) is 1. The van der Waals surface area contributed by atoms with Gasteiger partial charge in [-0.3, -0.25) is 4.79 Å². The van der Waals surface area contributed by atoms with Crippen molar-refractivity contribution >= 4 is 15.9 Å². The van der Waals surface area contributed by atoms with Gasteiger partial charge < -0.3 is 10.6 Å². The molecule has 1 aliphatic rings. The Hall–Kier alpha value is -1.44. The van der Waals surface area contributed by atoms with Crippen molar-refractivity contribution in [2.45, 2.75) is 45.4 Å². The summed E-state index contributed by atoms with van der Waals surface area (Å²) >= 11 is 0. The summed E-state index contributed by atoms with van der Waals surface area (Å²) in [6, 6.07) is 5.46. The molecule has 0 aromatic heterocycles. The van der Waals surface area contributed by atoms with Gasteiger partial charge in [0, 0.05) is 32.7 Å². The first-order valence-electron chi connectivity index (χ1n) is 9.28. The molecule has 0 radical (unpaired) electrons. The van der Waals surface area contributed by atoms with Crippen LogP contribution in [0.15, 0.2) is 23.1 Å². The van der Waals surface area contributed by atoms with E-state index in [0.29, 0.717) is 50.5 Å². The zero-order valence-corrected chi connectivity index (χ0v) is 17.1. The Labute approximate surface area is 157 Å². The molecule has 1 aromatic rings. The van der Waals surface area contributed by atoms with Crippen LogP contribution in [0.5, 0.6) is 0 Å². The lowest BCUT2D eigenvalue weighted by molar-refractivity contribution is -0.143. The van der Waals surface area contributed by atoms with Crippen molar-refractivity contribution in [3.8, 4) is 0 Å². The van der Waals surface area contributed by atoms with Crippen molar-refractivity contribution < 1.29 is 13.2 Å². The first-order valence-corrected chi connectivity index (χ1v) is 10.7. The standard InChI is InChI=1S/C19H31N3O3S/c1-5-19(6-2,14-20)18(23)21-9-11-22(12-10-21)26(24,25)17-13-15(3)7-8-16(17)4/h7-8,13H,5-6,9-12,14,20H2,1-4H3. The van der Waals surface area contributed by atoms with Gasteiger partial charge in [-0.15, -0.1) is 0 Å². The average molecular weight is 382 g/mol. The van der Waals surface area contributed by atoms with E-state index in [-0.39, 0.29) is 5.91 Å². The number of carbonyl (C=O) groups is 1. The summed E-state index contributed by atoms with van der Waals surface area (Å²) in [6.45, 7) is 9.42. The molecule has 0 aliphatic carbocycles. The molecular formula is C19H31N3O3S. The molecule has 0 unspecified atom stereocenters. The van der Waals surface area contributed by atoms with Crippen LogP contribution < -0.4 is 5.73 Å². The molecule has 26 heavy (non-hydrogen) atoms. The van der Waals surface area contributed by atoms with Gasteiger partial charge in [0.15, 0.2) is 0 Å². The molecule has 0 bridgehead atoms. The fraction of sp³-hybridized carbons (Fsp3) is 0.632. The lowest BCUT2D eigenvalue weighted by atomic mass is 9.81. The molecule has 1 amide bonds. The van der Waals surface area contributed by atoms with E-state index in [2.05, 4.69) is 0 Å². The second-order valence-corrected chi connectivity index (χ2v) is 9.06. The molecule has 6 nitrogen and oxygen atoms in total. The number of sulfonamides is 1. The van der Waals surface area contributed by atoms with E-state index in [1.807, 2.05) is 39.8 Å². The third-order valence-corrected chi connectivity index (χ3v) is 7.73. The zero-order valence-electron chi connectivity index (χ0n) is 16.3. The summed E-state index contributed by atoms with van der Waals surface area (Å²) in [4.78, 5) is 15.0. The maximum Gasteiger partial charge on any atom is 0.243 e. The minimum Gasteiger partial charge on any atom is -0.340 e. The van der Waals surface area contributed by atoms with Crippen molar-refractivity contribution in [3.63, 3.8) is 0 Å². The third kappa shape index (κ3) is 3.80. The van der Waals surface area contributed by atoms with Gasteiger partial charge in [0.25, 0.3) is 0 Å². The maximum atomic E-state index is 13.0. The molecular weight excluding hydrogens is 350 g/mol. The molecule has 1 heterocycles. The summed E-state index contributed by atoms with van der Waals surface area (Å²) in [5.74, 6) is 0.0498. The van der Waals surface area contributed by atoms with Crippen molar-refractivity contribution in [2.24, 2.45) is 11.1 Å². The van der Waals surface area contributed by atoms with Gasteiger partial charge in [-0.2, -0.15) is 4.31 Å². The molecule has 1 saturated heterocycles. The molecule has 1 fully saturated rings. The van der Waals surface area contributed by atoms with Gasteiger partial charge in [-0.05, 0) is 43.9 Å². The number of hydrogen-bond donors (Lipinski definition) is 1. The molecule has 0 saturated carbocycles. The maximum absolute atomic E-state index is 13.0. The number of rotatable bonds is 6. The van der Waals surface area contributed by atoms with Crippen LogP contribution in [0.3, 0.4) is 0 Å². The number of piperazine rings is 1. The van der Waals surface area contributed by atoms with E-state index in [1.54, 1.807) is 11.0 Å². The lowest BCUT2D eigenvalue weighted by Gasteiger charge is -2.40. The Morgan fingerprint density at radius 1 is 1.12 bits per heavy atom. The fourth-order valence-electron chi connectivity index (χ4n) is 3.52. The average Bonchev–Trinajstić information content (AvgIpc) is 2.65. The van der Waals surface area contributed by atoms with E-state index in [9.17, 15) is 13.2 Å². The minimum atomic E-state index is -3.55. The minimum absolute atomic E-state index is 0.0498. The Morgan fingerprint density at radius 3 is 2.19 bits per heavy atom. The van der Waals surface area contributed by atoms with E-state index >= 15 is 0 Å². The lowest BCUT2D eigenvalue weighted by Crippen LogP contribution is -2.55. The molecule has 1 aliphatic heterocycles. The number of hydrogen-bond acceptors (Lipinski definition) is 4. The van der Waals surface area contributed by atoms with Gasteiger partial charge >= 0.3 is 0 Å². The summed E-state index contributed by atoms with van der Waals surface area (Å²) < 4.78 is 27.5. The van der Waals surface area contributed by atoms with Crippen LogP contribution in [0.1, 0.15) is 37.8 Å². The summed E-state index contributed by atoms with van der Waals surface area (Å²) in [7, 11) is -3.55. The van der Waals surface area contributed by atoms with Crippen LogP contribution in [-0.2, 0) is 14.8 Å². The van der Waals surface area contributed by atoms with Crippen LogP contribution >= 0.6 is 0 Å². The quantitative estimate of drug-likeness (QED) is 0.816. The van der Waals surface area contributed by atoms with Crippen LogP contribution in [0.25, 0.3) is 0 Å². The fourth-order valence-corrected chi connectivity index (χ4v) is 5.25. The topological polar surface area (TPSA) is 83.7 Å². The molecule has 146 valence electrons. The highest BCUT2D eigenvalue weighted by Crippen LogP contribution is 2.29. The van der Waals surface area contributed by atoms with Crippen molar-refractivity contribution in [1.29, 1.82) is 0 Å². The predicted molar refractivity (Wildman–Crippen MR) is 103 cm³/mol. The Balaban J connectivity index is 2.15. The highest BCUT2D eigenvalue weighted by Gasteiger charge is 2.39. The Morgan fingerprint density at radius 2 is 1.69 bits per heavy atom. The predicted octanol–water partition coefficient (Wildman–Crippen LogP) is 1.90. The van der Waals surface area contributed by atoms with E-state index in [0.717, 1.165) is 11.1 Å². The summed E-state index contributed by atoms with van der Waals surface area (Å²) in [5.41, 5.74) is 7.01. The zero-order chi connectivity index (χ0) is 19.5. The van der Waals surface area contributed by atoms with Crippen LogP contribution in [-0.4, -0.2) is 56.3 Å². The van der Waals surface area contributed by atoms with E-state index in [4.69, 9.17) is 5.73 Å². The molecule has 2 N–H and O–H groups in total. The number of aryl methyl sites for hydroxylation is 2. The van der Waals surface area contributed by atoms with Gasteiger partial charge in [0.05, 0.1) is 10.3 Å². The molecule has 0 atom stereocenters. The first-order chi connectivity index (χ1) is 12.2. The summed E-state index contributed by atoms with van der Waals surface area (Å²) in [5, 5.41) is 0. The second kappa shape index (κ2) is 8.06. The van der Waals surface area contributed by atoms with E-state index in [1.165, 1.54) is 4.31 Å². The van der Waals surface area contributed by atoms with Crippen LogP contribution in [0, 0.1) is 19.3 Å². The smallest absolute Gasteiger partial charge is 0.243 e. The van der Waals surface area contributed by atoms with Gasteiger partial charge in [-0.1, -0.05) is 26.0 Å². The molecule has 7 heteroatoms. The van der Waals surface area contributed by atoms with Crippen LogP contribution in [0.2, 0.25) is 0 Å². The highest BCUT2D eigenvalue weighted by molar-refractivity contribution is 7.89. The Kier molecular flexibility index (Phi) is 6.47. The number of benzene rings is 1. The van der Waals surface area contributed by atoms with Crippen molar-refractivity contribution in [3.05, 3.63) is 29.3 Å². The van der Waals surface area contributed by atoms with Crippen molar-refractivity contribution in [2.75, 3.05) is 32.7 Å². The third-order valence-electron chi connectivity index (χ3n) is 5.69. The highest BCUT2D eigenvalue weighted by atomic mass is 32.2. The van der Waals surface area contributed by atoms with Crippen LogP contribution in [0.4, 0.5) is 0 Å². The van der Waals surface area contributed by atoms with Gasteiger partial charge in [-0.25, -0.2) is 8.42 Å². The Bertz CT molecular complexity index is 741. The van der Waals surface area contributed by atoms with Gasteiger partial charge in [0.1, 0.15) is 0 Å². The molecule has 2 rings (SSSR count). The molecule has 0 spiro atoms. The number of carbonyl (C=O) groups excluding carboxylic acids is 1. The number of amides is 1. The molecule has 1 aromatic carbocycles. The SMILES string of the molecule is CCC(CC)(CN)C(=O)N1CCN(S(=O)(=O)c2cc(C)ccc2C)CC1. The monoisotopic (exact) mass is 381 g/mol. The second-order valence-electron chi connectivity index (χ2n) is 7.16. The van der Waals surface area contributed by atoms with Gasteiger partial charge in [0.2, 0.25) is 15.9 Å². The van der Waals surface area contributed by atoms with E-state index < -0.39 is 15.4 Å². The first kappa shape index (κ1) is 20.9. The van der Waals surface area contributed by atoms with Crippen molar-refractivity contribution in [1.82, 2.24) is 9.21 Å². The largest absolute Gasteiger partial charge is 0.340 e. The number of nitrogens with zero attached hydrogens (tertiary/aromatic N) is 2. The normalized spacial score (nSPS) is 16.7.